The van der Waals surface area contributed by atoms with Crippen LogP contribution in [0.3, 0.4) is 0 Å². The van der Waals surface area contributed by atoms with Gasteiger partial charge >= 0.3 is 0 Å². The second kappa shape index (κ2) is 7.12. The highest BCUT2D eigenvalue weighted by molar-refractivity contribution is 6.10. The van der Waals surface area contributed by atoms with Crippen molar-refractivity contribution in [2.24, 2.45) is 0 Å². The summed E-state index contributed by atoms with van der Waals surface area (Å²) in [7, 11) is 0. The number of aromatic nitrogens is 2. The van der Waals surface area contributed by atoms with Gasteiger partial charge < -0.3 is 9.97 Å². The molecular weight excluding hydrogens is 334 g/mol. The zero-order valence-corrected chi connectivity index (χ0v) is 14.9. The molecule has 2 N–H and O–H groups in total. The van der Waals surface area contributed by atoms with Crippen LogP contribution in [0, 0.1) is 6.92 Å². The number of benzene rings is 2. The van der Waals surface area contributed by atoms with Gasteiger partial charge in [0.25, 0.3) is 12.0 Å². The topological polar surface area (TPSA) is 48.6 Å². The van der Waals surface area contributed by atoms with E-state index in [-0.39, 0.29) is 11.1 Å². The van der Waals surface area contributed by atoms with Gasteiger partial charge in [0.2, 0.25) is 0 Å². The molecule has 134 valence electrons. The van der Waals surface area contributed by atoms with E-state index in [1.807, 2.05) is 44.2 Å². The van der Waals surface area contributed by atoms with Crippen LogP contribution in [0.4, 0.5) is 8.78 Å². The number of pyridine rings is 1. The maximum absolute atomic E-state index is 13.0. The van der Waals surface area contributed by atoms with Crippen molar-refractivity contribution in [3.8, 4) is 11.1 Å². The van der Waals surface area contributed by atoms with Gasteiger partial charge in [-0.05, 0) is 24.6 Å². The number of alkyl halides is 2. The van der Waals surface area contributed by atoms with Gasteiger partial charge in [-0.3, -0.25) is 4.79 Å². The predicted molar refractivity (Wildman–Crippen MR) is 103 cm³/mol. The molecule has 0 saturated heterocycles. The van der Waals surface area contributed by atoms with Gasteiger partial charge in [0.1, 0.15) is 0 Å². The van der Waals surface area contributed by atoms with E-state index in [1.54, 1.807) is 13.0 Å². The van der Waals surface area contributed by atoms with Crippen LogP contribution < -0.4 is 5.56 Å². The quantitative estimate of drug-likeness (QED) is 0.459. The maximum atomic E-state index is 13.0. The number of nitrogens with one attached hydrogen (secondary N) is 2. The Labute approximate surface area is 149 Å². The summed E-state index contributed by atoms with van der Waals surface area (Å²) in [5.74, 6) is 0. The van der Waals surface area contributed by atoms with Crippen LogP contribution in [-0.4, -0.2) is 9.97 Å². The smallest absolute Gasteiger partial charge is 0.263 e. The minimum absolute atomic E-state index is 0.0638. The molecule has 26 heavy (non-hydrogen) atoms. The summed E-state index contributed by atoms with van der Waals surface area (Å²) in [5, 5.41) is 0.595. The Hall–Kier alpha value is -2.95. The summed E-state index contributed by atoms with van der Waals surface area (Å²) in [5.41, 5.74) is 4.04. The summed E-state index contributed by atoms with van der Waals surface area (Å²) in [4.78, 5) is 18.5. The number of fused-ring (bicyclic) bond motifs is 3. The second-order valence-electron chi connectivity index (χ2n) is 5.80. The normalized spacial score (nSPS) is 11.0. The summed E-state index contributed by atoms with van der Waals surface area (Å²) in [6, 6.07) is 14.0. The molecule has 0 radical (unpaired) electrons. The van der Waals surface area contributed by atoms with E-state index in [0.29, 0.717) is 22.0 Å². The largest absolute Gasteiger partial charge is 0.353 e. The number of rotatable bonds is 2. The van der Waals surface area contributed by atoms with Gasteiger partial charge in [-0.25, -0.2) is 8.78 Å². The molecule has 0 aliphatic heterocycles. The number of hydrogen-bond donors (Lipinski definition) is 2. The minimum atomic E-state index is -2.55. The first-order valence-electron chi connectivity index (χ1n) is 8.58. The first-order chi connectivity index (χ1) is 12.6. The molecule has 0 aliphatic rings. The standard InChI is InChI=1S/C19H14F2N2O.C2H6/c1-10-15(11-5-3-2-4-6-11)17-16(23-19(10)24)13-9-12(18(20)21)7-8-14(13)22-17;1-2/h2-9,18,22H,1H3,(H,23,24);1-2H3. The molecular formula is C21H20F2N2O. The van der Waals surface area contributed by atoms with Crippen molar-refractivity contribution in [2.45, 2.75) is 27.2 Å². The van der Waals surface area contributed by atoms with Crippen LogP contribution in [0.25, 0.3) is 33.1 Å². The summed E-state index contributed by atoms with van der Waals surface area (Å²) < 4.78 is 26.0. The Kier molecular flexibility index (Phi) is 4.89. The van der Waals surface area contributed by atoms with E-state index in [4.69, 9.17) is 0 Å². The molecule has 0 amide bonds. The first-order valence-corrected chi connectivity index (χ1v) is 8.58. The zero-order valence-electron chi connectivity index (χ0n) is 14.9. The average molecular weight is 354 g/mol. The van der Waals surface area contributed by atoms with Crippen molar-refractivity contribution in [3.05, 3.63) is 70.0 Å². The van der Waals surface area contributed by atoms with E-state index < -0.39 is 6.43 Å². The van der Waals surface area contributed by atoms with Gasteiger partial charge in [0, 0.05) is 27.6 Å². The third kappa shape index (κ3) is 2.90. The molecule has 5 heteroatoms. The van der Waals surface area contributed by atoms with Crippen molar-refractivity contribution in [1.29, 1.82) is 0 Å². The van der Waals surface area contributed by atoms with Gasteiger partial charge in [0.05, 0.1) is 11.0 Å². The Morgan fingerprint density at radius 1 is 0.923 bits per heavy atom. The van der Waals surface area contributed by atoms with Crippen molar-refractivity contribution < 1.29 is 8.78 Å². The van der Waals surface area contributed by atoms with Crippen LogP contribution in [0.15, 0.2) is 53.3 Å². The molecule has 0 saturated carbocycles. The Morgan fingerprint density at radius 3 is 2.27 bits per heavy atom. The fraction of sp³-hybridized carbons (Fsp3) is 0.190. The molecule has 0 atom stereocenters. The lowest BCUT2D eigenvalue weighted by Crippen LogP contribution is -2.10. The van der Waals surface area contributed by atoms with Crippen LogP contribution in [0.1, 0.15) is 31.4 Å². The fourth-order valence-corrected chi connectivity index (χ4v) is 3.14. The zero-order chi connectivity index (χ0) is 18.8. The lowest BCUT2D eigenvalue weighted by Gasteiger charge is -2.07. The molecule has 2 aromatic carbocycles. The van der Waals surface area contributed by atoms with Crippen molar-refractivity contribution >= 4 is 21.9 Å². The molecule has 0 spiro atoms. The molecule has 0 bridgehead atoms. The van der Waals surface area contributed by atoms with Gasteiger partial charge in [-0.2, -0.15) is 0 Å². The summed E-state index contributed by atoms with van der Waals surface area (Å²) in [6.07, 6.45) is -2.55. The molecule has 0 aliphatic carbocycles. The first kappa shape index (κ1) is 17.9. The maximum Gasteiger partial charge on any atom is 0.263 e. The summed E-state index contributed by atoms with van der Waals surface area (Å²) in [6.45, 7) is 5.76. The van der Waals surface area contributed by atoms with E-state index in [1.165, 1.54) is 12.1 Å². The van der Waals surface area contributed by atoms with Crippen LogP contribution in [0.2, 0.25) is 0 Å². The number of H-pyrrole nitrogens is 2. The molecule has 4 rings (SSSR count). The number of aromatic amines is 2. The highest BCUT2D eigenvalue weighted by Gasteiger charge is 2.17. The monoisotopic (exact) mass is 354 g/mol. The number of halogens is 2. The molecule has 2 aromatic heterocycles. The molecule has 4 aromatic rings. The van der Waals surface area contributed by atoms with Gasteiger partial charge in [-0.1, -0.05) is 50.2 Å². The average Bonchev–Trinajstić information content (AvgIpc) is 3.02. The summed E-state index contributed by atoms with van der Waals surface area (Å²) >= 11 is 0. The molecule has 2 heterocycles. The third-order valence-corrected chi connectivity index (χ3v) is 4.34. The SMILES string of the molecule is CC.Cc1c(-c2ccccc2)c2[nH]c3ccc(C(F)F)cc3c2[nH]c1=O. The van der Waals surface area contributed by atoms with Crippen molar-refractivity contribution in [2.75, 3.05) is 0 Å². The molecule has 0 fully saturated rings. The predicted octanol–water partition coefficient (Wildman–Crippen LogP) is 5.95. The Morgan fingerprint density at radius 2 is 1.62 bits per heavy atom. The Balaban J connectivity index is 0.000000948. The van der Waals surface area contributed by atoms with E-state index in [9.17, 15) is 13.6 Å². The van der Waals surface area contributed by atoms with Gasteiger partial charge in [0.15, 0.2) is 0 Å². The van der Waals surface area contributed by atoms with Crippen molar-refractivity contribution in [1.82, 2.24) is 9.97 Å². The third-order valence-electron chi connectivity index (χ3n) is 4.34. The minimum Gasteiger partial charge on any atom is -0.353 e. The highest BCUT2D eigenvalue weighted by atomic mass is 19.3. The van der Waals surface area contributed by atoms with Crippen LogP contribution in [0.5, 0.6) is 0 Å². The van der Waals surface area contributed by atoms with Crippen molar-refractivity contribution in [3.63, 3.8) is 0 Å². The highest BCUT2D eigenvalue weighted by Crippen LogP contribution is 2.34. The van der Waals surface area contributed by atoms with Crippen LogP contribution in [-0.2, 0) is 0 Å². The van der Waals surface area contributed by atoms with E-state index in [2.05, 4.69) is 9.97 Å². The molecule has 0 unspecified atom stereocenters. The van der Waals surface area contributed by atoms with E-state index in [0.717, 1.165) is 16.6 Å². The van der Waals surface area contributed by atoms with Gasteiger partial charge in [-0.15, -0.1) is 0 Å². The van der Waals surface area contributed by atoms with E-state index >= 15 is 0 Å². The lowest BCUT2D eigenvalue weighted by atomic mass is 10.0. The van der Waals surface area contributed by atoms with Crippen LogP contribution >= 0.6 is 0 Å². The second-order valence-corrected chi connectivity index (χ2v) is 5.80. The molecule has 3 nitrogen and oxygen atoms in total. The fourth-order valence-electron chi connectivity index (χ4n) is 3.14. The Bertz CT molecular complexity index is 1110. The lowest BCUT2D eigenvalue weighted by molar-refractivity contribution is 0.151. The number of hydrogen-bond acceptors (Lipinski definition) is 1.